The Morgan fingerprint density at radius 1 is 1.29 bits per heavy atom. The fraction of sp³-hybridized carbons (Fsp3) is 0.176. The van der Waals surface area contributed by atoms with Gasteiger partial charge in [-0.3, -0.25) is 4.40 Å². The number of fused-ring (bicyclic) bond motifs is 2. The lowest BCUT2D eigenvalue weighted by atomic mass is 10.2. The van der Waals surface area contributed by atoms with E-state index in [1.807, 2.05) is 41.8 Å². The highest BCUT2D eigenvalue weighted by atomic mass is 16.5. The number of hydrogen-bond donors (Lipinski definition) is 2. The average Bonchev–Trinajstić information content (AvgIpc) is 3.20. The lowest BCUT2D eigenvalue weighted by Crippen LogP contribution is -2.02. The summed E-state index contributed by atoms with van der Waals surface area (Å²) in [6, 6.07) is 9.52. The molecule has 7 heteroatoms. The molecule has 7 nitrogen and oxygen atoms in total. The number of hydrogen-bond acceptors (Lipinski definition) is 6. The monoisotopic (exact) mass is 323 g/mol. The number of nitrogens with zero attached hydrogens (tertiary/aromatic N) is 3. The van der Waals surface area contributed by atoms with Gasteiger partial charge >= 0.3 is 0 Å². The molecule has 3 heterocycles. The second kappa shape index (κ2) is 5.54. The van der Waals surface area contributed by atoms with Gasteiger partial charge in [0.2, 0.25) is 0 Å². The maximum absolute atomic E-state index is 5.97. The van der Waals surface area contributed by atoms with Crippen LogP contribution in [0.2, 0.25) is 0 Å². The van der Waals surface area contributed by atoms with Crippen molar-refractivity contribution in [3.8, 4) is 17.2 Å². The molecule has 1 aromatic carbocycles. The van der Waals surface area contributed by atoms with Crippen molar-refractivity contribution in [2.24, 2.45) is 5.73 Å². The minimum absolute atomic E-state index is 0.373. The Labute approximate surface area is 138 Å². The molecule has 0 fully saturated rings. The van der Waals surface area contributed by atoms with Crippen LogP contribution in [0.15, 0.2) is 41.1 Å². The van der Waals surface area contributed by atoms with Crippen LogP contribution in [0.3, 0.4) is 0 Å². The molecule has 0 aliphatic carbocycles. The number of nitrogens with two attached hydrogens (primary N) is 1. The first-order valence-corrected chi connectivity index (χ1v) is 7.56. The predicted octanol–water partition coefficient (Wildman–Crippen LogP) is 2.65. The number of benzene rings is 1. The fourth-order valence-electron chi connectivity index (χ4n) is 2.77. The molecular weight excluding hydrogens is 306 g/mol. The highest BCUT2D eigenvalue weighted by Crippen LogP contribution is 2.34. The van der Waals surface area contributed by atoms with E-state index in [0.29, 0.717) is 12.3 Å². The maximum atomic E-state index is 5.97. The molecule has 0 aliphatic rings. The second-order valence-electron chi connectivity index (χ2n) is 5.39. The fourth-order valence-corrected chi connectivity index (χ4v) is 2.77. The van der Waals surface area contributed by atoms with Crippen LogP contribution >= 0.6 is 0 Å². The first kappa shape index (κ1) is 14.5. The summed E-state index contributed by atoms with van der Waals surface area (Å²) in [6.45, 7) is 0.373. The van der Waals surface area contributed by atoms with Crippen molar-refractivity contribution in [3.05, 3.63) is 42.4 Å². The van der Waals surface area contributed by atoms with Crippen LogP contribution < -0.4 is 15.8 Å². The Morgan fingerprint density at radius 2 is 2.17 bits per heavy atom. The summed E-state index contributed by atoms with van der Waals surface area (Å²) in [4.78, 5) is 9.00. The van der Waals surface area contributed by atoms with Gasteiger partial charge in [-0.1, -0.05) is 0 Å². The van der Waals surface area contributed by atoms with Crippen LogP contribution in [0, 0.1) is 0 Å². The summed E-state index contributed by atoms with van der Waals surface area (Å²) in [6.07, 6.45) is 1.71. The molecule has 0 bridgehead atoms. The molecule has 0 aliphatic heterocycles. The molecule has 24 heavy (non-hydrogen) atoms. The molecule has 3 aromatic heterocycles. The van der Waals surface area contributed by atoms with Gasteiger partial charge in [-0.25, -0.2) is 9.97 Å². The van der Waals surface area contributed by atoms with Crippen LogP contribution in [0.4, 0.5) is 5.82 Å². The Morgan fingerprint density at radius 3 is 2.92 bits per heavy atom. The molecule has 0 amide bonds. The van der Waals surface area contributed by atoms with Crippen LogP contribution in [-0.2, 0) is 6.54 Å². The van der Waals surface area contributed by atoms with E-state index in [-0.39, 0.29) is 0 Å². The number of methoxy groups -OCH3 is 1. The van der Waals surface area contributed by atoms with E-state index in [2.05, 4.69) is 15.3 Å². The molecule has 0 radical (unpaired) electrons. The number of anilines is 1. The molecule has 122 valence electrons. The van der Waals surface area contributed by atoms with Gasteiger partial charge in [0.05, 0.1) is 12.8 Å². The Kier molecular flexibility index (Phi) is 3.35. The van der Waals surface area contributed by atoms with Crippen molar-refractivity contribution in [3.63, 3.8) is 0 Å². The summed E-state index contributed by atoms with van der Waals surface area (Å²) >= 11 is 0. The van der Waals surface area contributed by atoms with Crippen molar-refractivity contribution in [2.75, 3.05) is 19.5 Å². The van der Waals surface area contributed by atoms with Gasteiger partial charge in [-0.2, -0.15) is 0 Å². The highest BCUT2D eigenvalue weighted by molar-refractivity contribution is 5.86. The molecule has 4 rings (SSSR count). The van der Waals surface area contributed by atoms with Crippen molar-refractivity contribution >= 4 is 22.4 Å². The third kappa shape index (κ3) is 2.17. The predicted molar refractivity (Wildman–Crippen MR) is 92.2 cm³/mol. The molecule has 0 saturated carbocycles. The molecule has 0 saturated heterocycles. The Hall–Kier alpha value is -3.06. The number of imidazole rings is 1. The van der Waals surface area contributed by atoms with E-state index in [0.717, 1.165) is 39.6 Å². The molecule has 0 spiro atoms. The SMILES string of the molecule is CNc1c(-c2cc3cc(OC)ccc3o2)nc2cc(CN)ncn12. The largest absolute Gasteiger partial charge is 0.497 e. The van der Waals surface area contributed by atoms with Crippen molar-refractivity contribution in [2.45, 2.75) is 6.54 Å². The van der Waals surface area contributed by atoms with Gasteiger partial charge in [0.25, 0.3) is 0 Å². The van der Waals surface area contributed by atoms with E-state index >= 15 is 0 Å². The zero-order valence-corrected chi connectivity index (χ0v) is 13.4. The average molecular weight is 323 g/mol. The van der Waals surface area contributed by atoms with Crippen molar-refractivity contribution in [1.29, 1.82) is 0 Å². The van der Waals surface area contributed by atoms with Crippen LogP contribution in [0.1, 0.15) is 5.69 Å². The molecule has 3 N–H and O–H groups in total. The summed E-state index contributed by atoms with van der Waals surface area (Å²) < 4.78 is 13.1. The second-order valence-corrected chi connectivity index (χ2v) is 5.39. The van der Waals surface area contributed by atoms with Crippen molar-refractivity contribution in [1.82, 2.24) is 14.4 Å². The summed E-state index contributed by atoms with van der Waals surface area (Å²) in [7, 11) is 3.49. The smallest absolute Gasteiger partial charge is 0.157 e. The van der Waals surface area contributed by atoms with E-state index in [9.17, 15) is 0 Å². The minimum Gasteiger partial charge on any atom is -0.497 e. The van der Waals surface area contributed by atoms with Gasteiger partial charge in [0.1, 0.15) is 34.8 Å². The zero-order valence-electron chi connectivity index (χ0n) is 13.4. The summed E-state index contributed by atoms with van der Waals surface area (Å²) in [5.41, 5.74) is 8.73. The van der Waals surface area contributed by atoms with E-state index < -0.39 is 0 Å². The van der Waals surface area contributed by atoms with Crippen molar-refractivity contribution < 1.29 is 9.15 Å². The lowest BCUT2D eigenvalue weighted by molar-refractivity contribution is 0.415. The topological polar surface area (TPSA) is 90.6 Å². The zero-order chi connectivity index (χ0) is 16.7. The Bertz CT molecular complexity index is 1030. The number of nitrogens with one attached hydrogen (secondary N) is 1. The summed E-state index contributed by atoms with van der Waals surface area (Å²) in [5.74, 6) is 2.28. The first-order valence-electron chi connectivity index (χ1n) is 7.56. The maximum Gasteiger partial charge on any atom is 0.157 e. The molecule has 0 atom stereocenters. The number of ether oxygens (including phenoxy) is 1. The third-order valence-electron chi connectivity index (χ3n) is 3.98. The van der Waals surface area contributed by atoms with Crippen LogP contribution in [0.5, 0.6) is 5.75 Å². The Balaban J connectivity index is 1.91. The minimum atomic E-state index is 0.373. The van der Waals surface area contributed by atoms with Gasteiger partial charge in [0.15, 0.2) is 5.76 Å². The van der Waals surface area contributed by atoms with E-state index in [1.54, 1.807) is 13.4 Å². The molecule has 0 unspecified atom stereocenters. The third-order valence-corrected chi connectivity index (χ3v) is 3.98. The van der Waals surface area contributed by atoms with Crippen LogP contribution in [-0.4, -0.2) is 28.5 Å². The van der Waals surface area contributed by atoms with Crippen LogP contribution in [0.25, 0.3) is 28.1 Å². The standard InChI is InChI=1S/C17H17N5O2/c1-19-17-16(21-15-7-11(8-18)20-9-22(15)17)14-6-10-5-12(23-2)3-4-13(10)24-14/h3-7,9,19H,8,18H2,1-2H3. The lowest BCUT2D eigenvalue weighted by Gasteiger charge is -2.02. The van der Waals surface area contributed by atoms with Gasteiger partial charge < -0.3 is 20.2 Å². The van der Waals surface area contributed by atoms with E-state index in [1.165, 1.54) is 0 Å². The highest BCUT2D eigenvalue weighted by Gasteiger charge is 2.17. The first-order chi connectivity index (χ1) is 11.7. The van der Waals surface area contributed by atoms with Gasteiger partial charge in [0, 0.05) is 25.0 Å². The van der Waals surface area contributed by atoms with Gasteiger partial charge in [-0.05, 0) is 24.3 Å². The number of aromatic nitrogens is 3. The normalized spacial score (nSPS) is 11.3. The number of furan rings is 1. The molecular formula is C17H17N5O2. The quantitative estimate of drug-likeness (QED) is 0.600. The van der Waals surface area contributed by atoms with E-state index in [4.69, 9.17) is 14.9 Å². The van der Waals surface area contributed by atoms with Gasteiger partial charge in [-0.15, -0.1) is 0 Å². The molecule has 4 aromatic rings. The number of rotatable bonds is 4. The summed E-state index contributed by atoms with van der Waals surface area (Å²) in [5, 5.41) is 4.13.